The fourth-order valence-electron chi connectivity index (χ4n) is 0.250. The standard InChI is InChI=1S/C3H6P2/c4-3-1-5-2-3/h4-5H,1-2H2. The Balaban J connectivity index is 2.32. The van der Waals surface area contributed by atoms with Crippen LogP contribution in [0.4, 0.5) is 0 Å². The summed E-state index contributed by atoms with van der Waals surface area (Å²) in [6.07, 6.45) is 2.69. The van der Waals surface area contributed by atoms with Gasteiger partial charge < -0.3 is 0 Å². The third kappa shape index (κ3) is 0.714. The van der Waals surface area contributed by atoms with Crippen LogP contribution in [0.25, 0.3) is 0 Å². The van der Waals surface area contributed by atoms with Gasteiger partial charge in [0.05, 0.1) is 0 Å². The van der Waals surface area contributed by atoms with Crippen molar-refractivity contribution >= 4 is 22.7 Å². The minimum absolute atomic E-state index is 1.22. The van der Waals surface area contributed by atoms with E-state index in [2.05, 4.69) is 8.86 Å². The molecule has 0 aromatic rings. The maximum Gasteiger partial charge on any atom is -0.00946 e. The topological polar surface area (TPSA) is 0 Å². The van der Waals surface area contributed by atoms with Crippen LogP contribution in [0.5, 0.6) is 0 Å². The lowest BCUT2D eigenvalue weighted by Gasteiger charge is -2.11. The molecule has 0 aromatic heterocycles. The van der Waals surface area contributed by atoms with Gasteiger partial charge in [0.1, 0.15) is 0 Å². The third-order valence-electron chi connectivity index (χ3n) is 0.677. The lowest BCUT2D eigenvalue weighted by atomic mass is 10.5. The van der Waals surface area contributed by atoms with Gasteiger partial charge in [0.2, 0.25) is 0 Å². The van der Waals surface area contributed by atoms with E-state index in [1.165, 1.54) is 26.2 Å². The van der Waals surface area contributed by atoms with E-state index >= 15 is 0 Å². The summed E-state index contributed by atoms with van der Waals surface area (Å²) >= 11 is 0. The predicted octanol–water partition coefficient (Wildman–Crippen LogP) is 0.994. The Morgan fingerprint density at radius 3 is 2.00 bits per heavy atom. The molecule has 5 heavy (non-hydrogen) atoms. The summed E-state index contributed by atoms with van der Waals surface area (Å²) in [6.45, 7) is 0. The highest BCUT2D eigenvalue weighted by Gasteiger charge is 2.02. The van der Waals surface area contributed by atoms with Crippen molar-refractivity contribution < 1.29 is 0 Å². The Labute approximate surface area is 36.0 Å². The van der Waals surface area contributed by atoms with Gasteiger partial charge in [0.25, 0.3) is 0 Å². The normalized spacial score (nSPS) is 26.8. The lowest BCUT2D eigenvalue weighted by molar-refractivity contribution is 1.74. The van der Waals surface area contributed by atoms with E-state index in [0.717, 1.165) is 0 Å². The van der Waals surface area contributed by atoms with E-state index in [1.54, 1.807) is 0 Å². The van der Waals surface area contributed by atoms with Gasteiger partial charge in [-0.25, -0.2) is 0 Å². The second kappa shape index (κ2) is 1.37. The van der Waals surface area contributed by atoms with E-state index in [4.69, 9.17) is 0 Å². The summed E-state index contributed by atoms with van der Waals surface area (Å²) < 4.78 is 0. The molecule has 1 fully saturated rings. The van der Waals surface area contributed by atoms with E-state index in [0.29, 0.717) is 0 Å². The van der Waals surface area contributed by atoms with Gasteiger partial charge in [-0.3, -0.25) is 0 Å². The number of hydrogen-bond donors (Lipinski definition) is 0. The van der Waals surface area contributed by atoms with Gasteiger partial charge in [0, 0.05) is 0 Å². The zero-order valence-corrected chi connectivity index (χ0v) is 4.91. The maximum absolute atomic E-state index is 3.43. The molecule has 0 bridgehead atoms. The molecule has 0 amide bonds. The fourth-order valence-corrected chi connectivity index (χ4v) is 1.50. The van der Waals surface area contributed by atoms with Gasteiger partial charge >= 0.3 is 0 Å². The summed E-state index contributed by atoms with van der Waals surface area (Å²) in [7, 11) is 4.64. The molecule has 0 N–H and O–H groups in total. The van der Waals surface area contributed by atoms with Gasteiger partial charge in [-0.1, -0.05) is 0 Å². The summed E-state index contributed by atoms with van der Waals surface area (Å²) in [4.78, 5) is 0. The minimum atomic E-state index is 1.22. The summed E-state index contributed by atoms with van der Waals surface area (Å²) in [5.41, 5.74) is 0. The molecule has 0 aromatic carbocycles. The van der Waals surface area contributed by atoms with Crippen LogP contribution in [0.15, 0.2) is 0 Å². The van der Waals surface area contributed by atoms with Crippen molar-refractivity contribution in [3.05, 3.63) is 0 Å². The first-order valence-corrected chi connectivity index (χ1v) is 3.58. The van der Waals surface area contributed by atoms with E-state index in [1.807, 2.05) is 0 Å². The molecular weight excluding hydrogens is 98.0 g/mol. The summed E-state index contributed by atoms with van der Waals surface area (Å²) in [5.74, 6) is 0. The second-order valence-electron chi connectivity index (χ2n) is 1.21. The molecule has 1 saturated heterocycles. The van der Waals surface area contributed by atoms with E-state index in [9.17, 15) is 0 Å². The molecule has 0 aliphatic carbocycles. The van der Waals surface area contributed by atoms with Gasteiger partial charge in [-0.05, 0) is 17.6 Å². The largest absolute Gasteiger partial charge is 0.122 e. The van der Waals surface area contributed by atoms with Crippen molar-refractivity contribution in [2.75, 3.05) is 12.3 Å². The van der Waals surface area contributed by atoms with E-state index in [-0.39, 0.29) is 0 Å². The summed E-state index contributed by atoms with van der Waals surface area (Å²) in [5, 5.41) is 1.50. The summed E-state index contributed by atoms with van der Waals surface area (Å²) in [6, 6.07) is 0. The van der Waals surface area contributed by atoms with Gasteiger partial charge in [0.15, 0.2) is 0 Å². The highest BCUT2D eigenvalue weighted by atomic mass is 31.1. The van der Waals surface area contributed by atoms with Crippen LogP contribution in [-0.4, -0.2) is 17.6 Å². The van der Waals surface area contributed by atoms with Crippen molar-refractivity contribution in [3.63, 3.8) is 0 Å². The lowest BCUT2D eigenvalue weighted by Crippen LogP contribution is -2.09. The zero-order chi connectivity index (χ0) is 3.70. The smallest absolute Gasteiger partial charge is 0.00946 e. The fraction of sp³-hybridized carbons (Fsp3) is 0.667. The van der Waals surface area contributed by atoms with Crippen molar-refractivity contribution in [2.24, 2.45) is 0 Å². The van der Waals surface area contributed by atoms with Crippen LogP contribution in [0.1, 0.15) is 0 Å². The molecule has 2 heteroatoms. The van der Waals surface area contributed by atoms with Crippen molar-refractivity contribution in [1.82, 2.24) is 0 Å². The second-order valence-corrected chi connectivity index (χ2v) is 3.12. The highest BCUT2D eigenvalue weighted by Crippen LogP contribution is 2.22. The molecule has 1 aliphatic rings. The molecule has 0 radical (unpaired) electrons. The Hall–Kier alpha value is 0.600. The number of hydrogen-bond acceptors (Lipinski definition) is 0. The molecule has 0 nitrogen and oxygen atoms in total. The zero-order valence-electron chi connectivity index (χ0n) is 2.91. The molecule has 1 heterocycles. The minimum Gasteiger partial charge on any atom is -0.122 e. The van der Waals surface area contributed by atoms with Crippen molar-refractivity contribution in [3.8, 4) is 0 Å². The maximum atomic E-state index is 3.43. The first-order valence-electron chi connectivity index (χ1n) is 1.66. The van der Waals surface area contributed by atoms with Crippen molar-refractivity contribution in [1.29, 1.82) is 0 Å². The molecule has 1 rings (SSSR count). The van der Waals surface area contributed by atoms with E-state index < -0.39 is 0 Å². The van der Waals surface area contributed by atoms with Crippen LogP contribution < -0.4 is 0 Å². The van der Waals surface area contributed by atoms with Crippen LogP contribution in [0.3, 0.4) is 0 Å². The average molecular weight is 104 g/mol. The quantitative estimate of drug-likeness (QED) is 0.402. The molecule has 28 valence electrons. The van der Waals surface area contributed by atoms with Crippen LogP contribution in [0, 0.1) is 0 Å². The third-order valence-corrected chi connectivity index (χ3v) is 3.09. The van der Waals surface area contributed by atoms with Gasteiger partial charge in [-0.2, -0.15) is 0 Å². The van der Waals surface area contributed by atoms with Crippen LogP contribution in [-0.2, 0) is 0 Å². The SMILES string of the molecule is P=C1CPC1. The number of rotatable bonds is 0. The van der Waals surface area contributed by atoms with Crippen LogP contribution in [0.2, 0.25) is 0 Å². The average Bonchev–Trinajstić information content (AvgIpc) is 1.30. The molecule has 0 atom stereocenters. The predicted molar refractivity (Wildman–Crippen MR) is 31.4 cm³/mol. The molecule has 0 saturated carbocycles. The van der Waals surface area contributed by atoms with Crippen LogP contribution >= 0.6 is 17.4 Å². The first kappa shape index (κ1) is 3.78. The Kier molecular flexibility index (Phi) is 1.03. The molecule has 1 aliphatic heterocycles. The monoisotopic (exact) mass is 104 g/mol. The Morgan fingerprint density at radius 2 is 2.00 bits per heavy atom. The molecule has 0 spiro atoms. The molecule has 0 unspecified atom stereocenters. The Bertz CT molecular complexity index is 51.9. The highest BCUT2D eigenvalue weighted by molar-refractivity contribution is 7.49. The molecular formula is C3H6P2. The van der Waals surface area contributed by atoms with Gasteiger partial charge in [-0.15, -0.1) is 17.4 Å². The first-order chi connectivity index (χ1) is 2.39. The Morgan fingerprint density at radius 1 is 1.60 bits per heavy atom. The van der Waals surface area contributed by atoms with Crippen molar-refractivity contribution in [2.45, 2.75) is 0 Å².